The smallest absolute Gasteiger partial charge is 0.217 e. The second-order valence-corrected chi connectivity index (χ2v) is 9.17. The van der Waals surface area contributed by atoms with Gasteiger partial charge in [0.25, 0.3) is 0 Å². The molecule has 0 bridgehead atoms. The zero-order valence-electron chi connectivity index (χ0n) is 19.8. The number of quaternary nitrogens is 1. The Morgan fingerprint density at radius 1 is 0.767 bits per heavy atom. The van der Waals surface area contributed by atoms with Gasteiger partial charge in [-0.1, -0.05) is 83.7 Å². The summed E-state index contributed by atoms with van der Waals surface area (Å²) < 4.78 is 35.6. The summed E-state index contributed by atoms with van der Waals surface area (Å²) in [7, 11) is -4.54. The molecular weight excluding hydrogens is 398 g/mol. The summed E-state index contributed by atoms with van der Waals surface area (Å²) >= 11 is 0. The third-order valence-electron chi connectivity index (χ3n) is 5.41. The molecule has 1 rings (SSSR count). The van der Waals surface area contributed by atoms with Crippen molar-refractivity contribution in [2.45, 2.75) is 85.5 Å². The summed E-state index contributed by atoms with van der Waals surface area (Å²) in [5.74, 6) is 0. The van der Waals surface area contributed by atoms with Crippen molar-refractivity contribution in [2.75, 3.05) is 32.8 Å². The number of nitrogens with zero attached hydrogens (tertiary/aromatic N) is 1. The Kier molecular flexibility index (Phi) is 17.1. The van der Waals surface area contributed by atoms with Gasteiger partial charge >= 0.3 is 0 Å². The number of hydrogen-bond acceptors (Lipinski definition) is 4. The Morgan fingerprint density at radius 2 is 1.17 bits per heavy atom. The van der Waals surface area contributed by atoms with E-state index in [4.69, 9.17) is 0 Å². The molecule has 1 aromatic rings. The molecule has 5 nitrogen and oxygen atoms in total. The lowest BCUT2D eigenvalue weighted by Crippen LogP contribution is -2.50. The molecule has 0 N–H and O–H groups in total. The molecule has 0 heterocycles. The van der Waals surface area contributed by atoms with E-state index in [-0.39, 0.29) is 6.61 Å². The minimum absolute atomic E-state index is 0.101. The van der Waals surface area contributed by atoms with Crippen LogP contribution < -0.4 is 0 Å². The summed E-state index contributed by atoms with van der Waals surface area (Å²) in [6, 6.07) is 9.19. The molecule has 0 saturated heterocycles. The summed E-state index contributed by atoms with van der Waals surface area (Å²) in [6.45, 7) is 14.9. The van der Waals surface area contributed by atoms with Crippen LogP contribution in [-0.4, -0.2) is 50.2 Å². The van der Waals surface area contributed by atoms with Gasteiger partial charge in [-0.25, -0.2) is 8.42 Å². The quantitative estimate of drug-likeness (QED) is 0.186. The Balaban J connectivity index is 0.000000579. The lowest BCUT2D eigenvalue weighted by molar-refractivity contribution is -0.929. The van der Waals surface area contributed by atoms with Crippen LogP contribution in [0.25, 0.3) is 0 Å². The Labute approximate surface area is 186 Å². The highest BCUT2D eigenvalue weighted by molar-refractivity contribution is 7.80. The van der Waals surface area contributed by atoms with Crippen molar-refractivity contribution < 1.29 is 21.6 Å². The number of benzene rings is 1. The van der Waals surface area contributed by atoms with Crippen LogP contribution in [0.3, 0.4) is 0 Å². The molecule has 0 aliphatic heterocycles. The van der Waals surface area contributed by atoms with E-state index >= 15 is 0 Å². The highest BCUT2D eigenvalue weighted by Crippen LogP contribution is 2.16. The van der Waals surface area contributed by atoms with Crippen molar-refractivity contribution >= 4 is 10.4 Å². The van der Waals surface area contributed by atoms with Gasteiger partial charge in [-0.15, -0.1) is 0 Å². The van der Waals surface area contributed by atoms with Gasteiger partial charge in [0.2, 0.25) is 10.4 Å². The molecule has 0 aliphatic rings. The van der Waals surface area contributed by atoms with Crippen molar-refractivity contribution in [3.05, 3.63) is 35.9 Å². The molecule has 30 heavy (non-hydrogen) atoms. The van der Waals surface area contributed by atoms with Crippen molar-refractivity contribution in [1.82, 2.24) is 0 Å². The van der Waals surface area contributed by atoms with Crippen LogP contribution in [0.1, 0.15) is 84.6 Å². The largest absolute Gasteiger partial charge is 0.726 e. The second-order valence-electron chi connectivity index (χ2n) is 8.12. The molecule has 176 valence electrons. The fourth-order valence-electron chi connectivity index (χ4n) is 3.55. The Bertz CT molecular complexity index is 567. The van der Waals surface area contributed by atoms with Gasteiger partial charge in [-0.05, 0) is 37.7 Å². The predicted molar refractivity (Wildman–Crippen MR) is 125 cm³/mol. The predicted octanol–water partition coefficient (Wildman–Crippen LogP) is 5.71. The van der Waals surface area contributed by atoms with Crippen LogP contribution in [0.4, 0.5) is 0 Å². The first kappa shape index (κ1) is 29.1. The number of unbranched alkanes of at least 4 members (excludes halogenated alkanes) is 4. The van der Waals surface area contributed by atoms with Crippen molar-refractivity contribution in [2.24, 2.45) is 0 Å². The molecule has 0 radical (unpaired) electrons. The molecule has 0 unspecified atom stereocenters. The zero-order chi connectivity index (χ0) is 22.7. The normalized spacial score (nSPS) is 11.8. The van der Waals surface area contributed by atoms with Crippen molar-refractivity contribution in [1.29, 1.82) is 0 Å². The lowest BCUT2D eigenvalue weighted by Gasteiger charge is -2.39. The van der Waals surface area contributed by atoms with Gasteiger partial charge in [0.1, 0.15) is 0 Å². The highest BCUT2D eigenvalue weighted by Gasteiger charge is 2.24. The fraction of sp³-hybridized carbons (Fsp3) is 0.750. The van der Waals surface area contributed by atoms with Gasteiger partial charge < -0.3 is 9.04 Å². The molecule has 0 aromatic heterocycles. The van der Waals surface area contributed by atoms with Crippen LogP contribution in [-0.2, 0) is 21.0 Å². The SMILES string of the molecule is CCCC[N+](CCCC)(CCCC)CCCC.O=S(=O)([O-])OCCc1ccccc1. The van der Waals surface area contributed by atoms with Crippen LogP contribution >= 0.6 is 0 Å². The van der Waals surface area contributed by atoms with E-state index in [2.05, 4.69) is 31.9 Å². The van der Waals surface area contributed by atoms with Gasteiger partial charge in [0.15, 0.2) is 0 Å². The first-order chi connectivity index (χ1) is 14.3. The average Bonchev–Trinajstić information content (AvgIpc) is 2.73. The maximum absolute atomic E-state index is 10.0. The van der Waals surface area contributed by atoms with Gasteiger partial charge in [-0.3, -0.25) is 4.18 Å². The van der Waals surface area contributed by atoms with Gasteiger partial charge in [0.05, 0.1) is 32.8 Å². The van der Waals surface area contributed by atoms with Crippen LogP contribution in [0.5, 0.6) is 0 Å². The van der Waals surface area contributed by atoms with E-state index in [0.29, 0.717) is 6.42 Å². The minimum atomic E-state index is -4.54. The molecule has 6 heteroatoms. The fourth-order valence-corrected chi connectivity index (χ4v) is 3.84. The standard InChI is InChI=1S/C16H36N.C8H10O4S/c1-5-9-13-17(14-10-6-2,15-11-7-3)16-12-8-4;9-13(10,11)12-7-6-8-4-2-1-3-5-8/h5-16H2,1-4H3;1-5H,6-7H2,(H,9,10,11)/q+1;/p-1. The van der Waals surface area contributed by atoms with E-state index in [0.717, 1.165) is 5.56 Å². The minimum Gasteiger partial charge on any atom is -0.726 e. The third kappa shape index (κ3) is 15.8. The van der Waals surface area contributed by atoms with E-state index in [1.807, 2.05) is 30.3 Å². The lowest BCUT2D eigenvalue weighted by atomic mass is 10.1. The molecule has 1 aromatic carbocycles. The maximum atomic E-state index is 10.0. The number of hydrogen-bond donors (Lipinski definition) is 0. The molecule has 0 amide bonds. The van der Waals surface area contributed by atoms with E-state index in [1.165, 1.54) is 82.0 Å². The van der Waals surface area contributed by atoms with Gasteiger partial charge in [0, 0.05) is 0 Å². The van der Waals surface area contributed by atoms with Crippen LogP contribution in [0.15, 0.2) is 30.3 Å². The highest BCUT2D eigenvalue weighted by atomic mass is 32.3. The first-order valence-corrected chi connectivity index (χ1v) is 13.1. The zero-order valence-corrected chi connectivity index (χ0v) is 20.6. The summed E-state index contributed by atoms with van der Waals surface area (Å²) in [5.41, 5.74) is 0.936. The average molecular weight is 444 g/mol. The summed E-state index contributed by atoms with van der Waals surface area (Å²) in [4.78, 5) is 0. The monoisotopic (exact) mass is 443 g/mol. The van der Waals surface area contributed by atoms with Crippen LogP contribution in [0, 0.1) is 0 Å². The molecule has 0 aliphatic carbocycles. The Morgan fingerprint density at radius 3 is 1.50 bits per heavy atom. The van der Waals surface area contributed by atoms with Gasteiger partial charge in [-0.2, -0.15) is 0 Å². The number of rotatable bonds is 16. The van der Waals surface area contributed by atoms with Crippen molar-refractivity contribution in [3.63, 3.8) is 0 Å². The maximum Gasteiger partial charge on any atom is 0.217 e. The van der Waals surface area contributed by atoms with E-state index < -0.39 is 10.4 Å². The molecule has 0 spiro atoms. The van der Waals surface area contributed by atoms with E-state index in [9.17, 15) is 13.0 Å². The topological polar surface area (TPSA) is 66.4 Å². The van der Waals surface area contributed by atoms with Crippen molar-refractivity contribution in [3.8, 4) is 0 Å². The Hall–Kier alpha value is -0.950. The third-order valence-corrected chi connectivity index (χ3v) is 5.86. The molecule has 0 saturated carbocycles. The molecular formula is C24H45NO4S. The first-order valence-electron chi connectivity index (χ1n) is 11.8. The summed E-state index contributed by atoms with van der Waals surface area (Å²) in [5, 5.41) is 0. The molecule has 0 atom stereocenters. The molecule has 0 fully saturated rings. The van der Waals surface area contributed by atoms with Crippen LogP contribution in [0.2, 0.25) is 0 Å². The van der Waals surface area contributed by atoms with E-state index in [1.54, 1.807) is 0 Å². The summed E-state index contributed by atoms with van der Waals surface area (Å²) in [6.07, 6.45) is 11.5. The second kappa shape index (κ2) is 17.7.